The lowest BCUT2D eigenvalue weighted by atomic mass is 10.4. The first-order valence-electron chi connectivity index (χ1n) is 2.74. The highest BCUT2D eigenvalue weighted by Crippen LogP contribution is 1.71. The summed E-state index contributed by atoms with van der Waals surface area (Å²) >= 11 is 0. The highest BCUT2D eigenvalue weighted by atomic mass is 16.8. The standard InChI is InChI=1S/C3H8O3.CH5NO3/c4-1-3(6)2-5;3-1-2(4)5/h3-6H,1-2H2;3-5H,1H2. The van der Waals surface area contributed by atoms with Crippen LogP contribution in [0.2, 0.25) is 0 Å². The summed E-state index contributed by atoms with van der Waals surface area (Å²) in [4.78, 5) is 0. The maximum atomic E-state index is 8.17. The fraction of sp³-hybridized carbons (Fsp3) is 1.00. The second kappa shape index (κ2) is 9.72. The van der Waals surface area contributed by atoms with Crippen LogP contribution in [0, 0.1) is 0 Å². The van der Waals surface area contributed by atoms with Crippen LogP contribution in [0.15, 0.2) is 0 Å². The molecule has 0 aromatic heterocycles. The highest BCUT2D eigenvalue weighted by Gasteiger charge is 1.93. The minimum Gasteiger partial charge on any atom is -0.394 e. The van der Waals surface area contributed by atoms with E-state index in [4.69, 9.17) is 30.8 Å². The van der Waals surface area contributed by atoms with Crippen LogP contribution in [0.25, 0.3) is 0 Å². The minimum absolute atomic E-state index is 0.319. The van der Waals surface area contributed by atoms with Gasteiger partial charge in [0, 0.05) is 0 Å². The molecule has 0 radical (unpaired) electrons. The summed E-state index contributed by atoms with van der Waals surface area (Å²) in [6, 6.07) is 0. The molecule has 0 saturated heterocycles. The molecule has 0 aromatic rings. The van der Waals surface area contributed by atoms with Gasteiger partial charge in [-0.3, -0.25) is 10.4 Å². The van der Waals surface area contributed by atoms with E-state index in [0.717, 1.165) is 0 Å². The van der Waals surface area contributed by atoms with E-state index in [1.807, 2.05) is 0 Å². The van der Waals surface area contributed by atoms with Crippen LogP contribution in [0.1, 0.15) is 0 Å². The van der Waals surface area contributed by atoms with Gasteiger partial charge in [0.05, 0.1) is 13.2 Å². The molecule has 0 aromatic carbocycles. The molecule has 0 saturated carbocycles. The maximum absolute atomic E-state index is 8.17. The molecule has 0 bridgehead atoms. The highest BCUT2D eigenvalue weighted by molar-refractivity contribution is 4.43. The average molecular weight is 171 g/mol. The lowest BCUT2D eigenvalue weighted by molar-refractivity contribution is -0.335. The summed E-state index contributed by atoms with van der Waals surface area (Å²) in [6.45, 7) is -1.48. The zero-order valence-electron chi connectivity index (χ0n) is 5.83. The first kappa shape index (κ1) is 13.3. The molecule has 0 atom stereocenters. The lowest BCUT2D eigenvalue weighted by Gasteiger charge is -1.96. The van der Waals surface area contributed by atoms with Crippen LogP contribution in [-0.2, 0) is 0 Å². The van der Waals surface area contributed by atoms with Gasteiger partial charge in [-0.1, -0.05) is 0 Å². The molecule has 6 N–H and O–H groups in total. The molecule has 0 fully saturated rings. The topological polar surface area (TPSA) is 125 Å². The van der Waals surface area contributed by atoms with Crippen molar-refractivity contribution in [3.05, 3.63) is 0 Å². The predicted octanol–water partition coefficient (Wildman–Crippen LogP) is -2.65. The summed E-state index contributed by atoms with van der Waals surface area (Å²) in [5.74, 6) is 0. The van der Waals surface area contributed by atoms with Gasteiger partial charge in [-0.15, -0.1) is 0 Å². The van der Waals surface area contributed by atoms with Gasteiger partial charge in [0.15, 0.2) is 0 Å². The Kier molecular flexibility index (Phi) is 11.8. The lowest BCUT2D eigenvalue weighted by Crippen LogP contribution is -2.15. The van der Waals surface area contributed by atoms with Crippen molar-refractivity contribution in [1.29, 1.82) is 0 Å². The van der Waals surface area contributed by atoms with Crippen LogP contribution in [-0.4, -0.2) is 62.1 Å². The number of hydroxylamine groups is 2. The van der Waals surface area contributed by atoms with Gasteiger partial charge in [0.25, 0.3) is 0 Å². The van der Waals surface area contributed by atoms with Gasteiger partial charge in [-0.25, -0.2) is 0 Å². The van der Waals surface area contributed by atoms with Crippen molar-refractivity contribution in [2.24, 2.45) is 0 Å². The van der Waals surface area contributed by atoms with E-state index in [1.54, 1.807) is 0 Å². The summed E-state index contributed by atoms with van der Waals surface area (Å²) in [7, 11) is 0. The number of aliphatic hydroxyl groups excluding tert-OH is 4. The van der Waals surface area contributed by atoms with E-state index in [2.05, 4.69) is 0 Å². The molecule has 0 spiro atoms. The van der Waals surface area contributed by atoms with Gasteiger partial charge in [0.2, 0.25) is 0 Å². The number of aliphatic hydroxyl groups is 4. The van der Waals surface area contributed by atoms with Crippen LogP contribution < -0.4 is 0 Å². The zero-order chi connectivity index (χ0) is 9.28. The van der Waals surface area contributed by atoms with E-state index in [9.17, 15) is 0 Å². The van der Waals surface area contributed by atoms with Crippen molar-refractivity contribution in [2.45, 2.75) is 6.10 Å². The molecule has 0 heterocycles. The van der Waals surface area contributed by atoms with Gasteiger partial charge < -0.3 is 20.4 Å². The molecular weight excluding hydrogens is 158 g/mol. The summed E-state index contributed by atoms with van der Waals surface area (Å²) in [5, 5.41) is 46.3. The van der Waals surface area contributed by atoms with Crippen molar-refractivity contribution in [3.8, 4) is 0 Å². The van der Waals surface area contributed by atoms with E-state index in [1.165, 1.54) is 0 Å². The molecule has 0 rings (SSSR count). The van der Waals surface area contributed by atoms with Crippen LogP contribution >= 0.6 is 0 Å². The molecular formula is C4H13NO6. The average Bonchev–Trinajstić information content (AvgIpc) is 2.04. The maximum Gasteiger partial charge on any atom is 0.146 e. The number of hydrogen-bond donors (Lipinski definition) is 6. The van der Waals surface area contributed by atoms with Crippen molar-refractivity contribution in [1.82, 2.24) is 5.23 Å². The Morgan fingerprint density at radius 1 is 1.00 bits per heavy atom. The van der Waals surface area contributed by atoms with Gasteiger partial charge in [-0.2, -0.15) is 0 Å². The Bertz CT molecular complexity index is 65.6. The molecule has 0 unspecified atom stereocenters. The van der Waals surface area contributed by atoms with Crippen LogP contribution in [0.5, 0.6) is 0 Å². The van der Waals surface area contributed by atoms with E-state index >= 15 is 0 Å². The number of nitrogens with zero attached hydrogens (tertiary/aromatic N) is 1. The molecule has 70 valence electrons. The molecule has 11 heavy (non-hydrogen) atoms. The second-order valence-corrected chi connectivity index (χ2v) is 1.53. The minimum atomic E-state index is -0.954. The largest absolute Gasteiger partial charge is 0.394 e. The fourth-order valence-electron chi connectivity index (χ4n) is 0.0577. The quantitative estimate of drug-likeness (QED) is 0.202. The first-order chi connectivity index (χ1) is 5.08. The Balaban J connectivity index is 0. The summed E-state index contributed by atoms with van der Waals surface area (Å²) in [5.41, 5.74) is 0. The summed E-state index contributed by atoms with van der Waals surface area (Å²) < 4.78 is 0. The van der Waals surface area contributed by atoms with Crippen LogP contribution in [0.3, 0.4) is 0 Å². The molecule has 0 aliphatic heterocycles. The predicted molar refractivity (Wildman–Crippen MR) is 32.7 cm³/mol. The Morgan fingerprint density at radius 2 is 1.27 bits per heavy atom. The molecule has 7 nitrogen and oxygen atoms in total. The Morgan fingerprint density at radius 3 is 1.27 bits per heavy atom. The monoisotopic (exact) mass is 171 g/mol. The molecule has 0 amide bonds. The zero-order valence-corrected chi connectivity index (χ0v) is 5.83. The SMILES string of the molecule is OCC(O)CO.OCN(O)O. The third-order valence-electron chi connectivity index (χ3n) is 0.548. The normalized spacial score (nSPS) is 9.82. The van der Waals surface area contributed by atoms with Crippen molar-refractivity contribution < 1.29 is 30.8 Å². The number of hydrogen-bond acceptors (Lipinski definition) is 7. The second-order valence-electron chi connectivity index (χ2n) is 1.53. The van der Waals surface area contributed by atoms with Crippen molar-refractivity contribution in [3.63, 3.8) is 0 Å². The molecule has 7 heteroatoms. The van der Waals surface area contributed by atoms with E-state index < -0.39 is 12.8 Å². The van der Waals surface area contributed by atoms with Gasteiger partial charge in [-0.05, 0) is 5.23 Å². The Labute approximate surface area is 63.3 Å². The van der Waals surface area contributed by atoms with Crippen molar-refractivity contribution >= 4 is 0 Å². The molecule has 0 aliphatic rings. The van der Waals surface area contributed by atoms with Crippen molar-refractivity contribution in [2.75, 3.05) is 19.9 Å². The smallest absolute Gasteiger partial charge is 0.146 e. The Hall–Kier alpha value is -0.280. The third-order valence-corrected chi connectivity index (χ3v) is 0.548. The fourth-order valence-corrected chi connectivity index (χ4v) is 0.0577. The van der Waals surface area contributed by atoms with E-state index in [-0.39, 0.29) is 18.4 Å². The van der Waals surface area contributed by atoms with E-state index in [0.29, 0.717) is 0 Å². The van der Waals surface area contributed by atoms with Gasteiger partial charge in [0.1, 0.15) is 12.8 Å². The third kappa shape index (κ3) is 17.7. The number of rotatable bonds is 3. The summed E-state index contributed by atoms with van der Waals surface area (Å²) in [6.07, 6.45) is -0.954. The van der Waals surface area contributed by atoms with Crippen LogP contribution in [0.4, 0.5) is 0 Å². The van der Waals surface area contributed by atoms with Gasteiger partial charge >= 0.3 is 0 Å². The molecule has 0 aliphatic carbocycles. The first-order valence-corrected chi connectivity index (χ1v) is 2.74.